The van der Waals surface area contributed by atoms with E-state index in [2.05, 4.69) is 5.92 Å². The fourth-order valence-electron chi connectivity index (χ4n) is 1.37. The highest BCUT2D eigenvalue weighted by atomic mass is 16.2. The summed E-state index contributed by atoms with van der Waals surface area (Å²) in [4.78, 5) is 22.0. The van der Waals surface area contributed by atoms with Gasteiger partial charge in [-0.3, -0.25) is 9.59 Å². The van der Waals surface area contributed by atoms with Gasteiger partial charge in [-0.1, -0.05) is 5.92 Å². The predicted molar refractivity (Wildman–Crippen MR) is 45.4 cm³/mol. The number of allylic oxidation sites excluding steroid dienone is 2. The second kappa shape index (κ2) is 3.36. The maximum Gasteiger partial charge on any atom is 0.225 e. The van der Waals surface area contributed by atoms with E-state index in [9.17, 15) is 9.59 Å². The zero-order chi connectivity index (χ0) is 9.14. The summed E-state index contributed by atoms with van der Waals surface area (Å²) in [5.41, 5.74) is 1.28. The zero-order valence-corrected chi connectivity index (χ0v) is 7.02. The molecule has 0 aromatic carbocycles. The van der Waals surface area contributed by atoms with Crippen LogP contribution in [0.5, 0.6) is 0 Å². The molecule has 0 heterocycles. The second-order valence-corrected chi connectivity index (χ2v) is 2.84. The van der Waals surface area contributed by atoms with Crippen LogP contribution < -0.4 is 0 Å². The van der Waals surface area contributed by atoms with Crippen LogP contribution in [0.3, 0.4) is 0 Å². The van der Waals surface area contributed by atoms with E-state index in [0.717, 1.165) is 18.4 Å². The normalized spacial score (nSPS) is 16.0. The molecule has 12 heavy (non-hydrogen) atoms. The van der Waals surface area contributed by atoms with Crippen LogP contribution in [-0.4, -0.2) is 11.6 Å². The summed E-state index contributed by atoms with van der Waals surface area (Å²) in [6.07, 6.45) is 7.52. The summed E-state index contributed by atoms with van der Waals surface area (Å²) in [5.74, 6) is 1.64. The summed E-state index contributed by atoms with van der Waals surface area (Å²) >= 11 is 0. The van der Waals surface area contributed by atoms with Gasteiger partial charge in [0, 0.05) is 18.1 Å². The zero-order valence-electron chi connectivity index (χ0n) is 7.02. The van der Waals surface area contributed by atoms with Crippen LogP contribution in [0.2, 0.25) is 0 Å². The lowest BCUT2D eigenvalue weighted by atomic mass is 10.1. The van der Waals surface area contributed by atoms with Crippen molar-refractivity contribution in [2.75, 3.05) is 0 Å². The lowest BCUT2D eigenvalue weighted by Crippen LogP contribution is -2.11. The van der Waals surface area contributed by atoms with Crippen LogP contribution in [-0.2, 0) is 9.59 Å². The van der Waals surface area contributed by atoms with E-state index in [1.165, 1.54) is 6.92 Å². The second-order valence-electron chi connectivity index (χ2n) is 2.84. The summed E-state index contributed by atoms with van der Waals surface area (Å²) in [7, 11) is 0. The van der Waals surface area contributed by atoms with Crippen LogP contribution >= 0.6 is 0 Å². The Morgan fingerprint density at radius 2 is 2.08 bits per heavy atom. The molecular formula is C10H10O2. The molecule has 0 aromatic heterocycles. The van der Waals surface area contributed by atoms with Gasteiger partial charge in [-0.15, -0.1) is 6.42 Å². The Morgan fingerprint density at radius 1 is 1.42 bits per heavy atom. The average molecular weight is 162 g/mol. The molecule has 0 N–H and O–H groups in total. The molecule has 0 spiro atoms. The largest absolute Gasteiger partial charge is 0.291 e. The Kier molecular flexibility index (Phi) is 2.44. The number of hydrogen-bond donors (Lipinski definition) is 0. The molecule has 0 amide bonds. The molecule has 1 rings (SSSR count). The first-order chi connectivity index (χ1) is 5.66. The number of terminal acetylenes is 1. The van der Waals surface area contributed by atoms with Crippen LogP contribution in [0, 0.1) is 12.3 Å². The summed E-state index contributed by atoms with van der Waals surface area (Å²) in [6.45, 7) is 1.28. The molecule has 0 unspecified atom stereocenters. The van der Waals surface area contributed by atoms with E-state index in [-0.39, 0.29) is 0 Å². The Morgan fingerprint density at radius 3 is 2.58 bits per heavy atom. The molecule has 0 aliphatic heterocycles. The van der Waals surface area contributed by atoms with Crippen molar-refractivity contribution in [3.63, 3.8) is 0 Å². The topological polar surface area (TPSA) is 34.1 Å². The smallest absolute Gasteiger partial charge is 0.225 e. The molecule has 0 aromatic rings. The third-order valence-corrected chi connectivity index (χ3v) is 1.99. The van der Waals surface area contributed by atoms with Crippen molar-refractivity contribution >= 4 is 11.6 Å². The number of hydrogen-bond acceptors (Lipinski definition) is 2. The molecule has 0 saturated heterocycles. The third-order valence-electron chi connectivity index (χ3n) is 1.99. The number of rotatable bonds is 2. The van der Waals surface area contributed by atoms with Gasteiger partial charge in [0.05, 0.1) is 0 Å². The van der Waals surface area contributed by atoms with Crippen LogP contribution in [0.25, 0.3) is 0 Å². The van der Waals surface area contributed by atoms with Gasteiger partial charge in [0.15, 0.2) is 5.78 Å². The van der Waals surface area contributed by atoms with Crippen molar-refractivity contribution in [2.45, 2.75) is 26.2 Å². The van der Waals surface area contributed by atoms with Crippen molar-refractivity contribution in [1.82, 2.24) is 0 Å². The van der Waals surface area contributed by atoms with Gasteiger partial charge in [0.25, 0.3) is 0 Å². The first kappa shape index (κ1) is 8.73. The van der Waals surface area contributed by atoms with Gasteiger partial charge < -0.3 is 0 Å². The number of carbonyl (C=O) groups is 2. The van der Waals surface area contributed by atoms with Gasteiger partial charge >= 0.3 is 0 Å². The number of ketones is 2. The van der Waals surface area contributed by atoms with Gasteiger partial charge in [0.2, 0.25) is 5.78 Å². The Labute approximate surface area is 71.7 Å². The summed E-state index contributed by atoms with van der Waals surface area (Å²) in [5, 5.41) is 0. The third kappa shape index (κ3) is 1.45. The quantitative estimate of drug-likeness (QED) is 0.452. The minimum atomic E-state index is -0.417. The Hall–Kier alpha value is -1.36. The molecule has 0 saturated carbocycles. The molecule has 0 atom stereocenters. The first-order valence-electron chi connectivity index (χ1n) is 3.90. The van der Waals surface area contributed by atoms with Crippen LogP contribution in [0.1, 0.15) is 26.2 Å². The minimum Gasteiger partial charge on any atom is -0.291 e. The fourth-order valence-corrected chi connectivity index (χ4v) is 1.37. The van der Waals surface area contributed by atoms with Crippen molar-refractivity contribution < 1.29 is 9.59 Å². The Balaban J connectivity index is 2.95. The van der Waals surface area contributed by atoms with E-state index in [0.29, 0.717) is 12.0 Å². The van der Waals surface area contributed by atoms with Crippen molar-refractivity contribution in [3.8, 4) is 12.3 Å². The monoisotopic (exact) mass is 162 g/mol. The van der Waals surface area contributed by atoms with E-state index in [4.69, 9.17) is 6.42 Å². The molecule has 0 bridgehead atoms. The minimum absolute atomic E-state index is 0.402. The first-order valence-corrected chi connectivity index (χ1v) is 3.90. The average Bonchev–Trinajstić information content (AvgIpc) is 2.49. The molecule has 0 fully saturated rings. The summed E-state index contributed by atoms with van der Waals surface area (Å²) in [6, 6.07) is 0. The van der Waals surface area contributed by atoms with Gasteiger partial charge in [-0.25, -0.2) is 0 Å². The molecule has 2 nitrogen and oxygen atoms in total. The molecular weight excluding hydrogens is 152 g/mol. The molecule has 2 heteroatoms. The molecule has 1 aliphatic carbocycles. The van der Waals surface area contributed by atoms with Gasteiger partial charge in [0.1, 0.15) is 0 Å². The lowest BCUT2D eigenvalue weighted by molar-refractivity contribution is -0.133. The van der Waals surface area contributed by atoms with Gasteiger partial charge in [-0.05, 0) is 19.3 Å². The van der Waals surface area contributed by atoms with E-state index >= 15 is 0 Å². The van der Waals surface area contributed by atoms with E-state index in [1.807, 2.05) is 0 Å². The summed E-state index contributed by atoms with van der Waals surface area (Å²) < 4.78 is 0. The fraction of sp³-hybridized carbons (Fsp3) is 0.400. The highest BCUT2D eigenvalue weighted by molar-refractivity contribution is 6.43. The van der Waals surface area contributed by atoms with E-state index in [1.54, 1.807) is 0 Å². The van der Waals surface area contributed by atoms with E-state index < -0.39 is 11.6 Å². The van der Waals surface area contributed by atoms with Gasteiger partial charge in [-0.2, -0.15) is 0 Å². The van der Waals surface area contributed by atoms with Crippen LogP contribution in [0.4, 0.5) is 0 Å². The molecule has 0 radical (unpaired) electrons. The number of Topliss-reactive ketones (excluding diaryl/α,β-unsaturated/α-hetero) is 2. The SMILES string of the molecule is C#CC1=C(C(=O)C(C)=O)CCC1. The van der Waals surface area contributed by atoms with Crippen molar-refractivity contribution in [1.29, 1.82) is 0 Å². The lowest BCUT2D eigenvalue weighted by Gasteiger charge is -1.96. The van der Waals surface area contributed by atoms with Crippen LogP contribution in [0.15, 0.2) is 11.1 Å². The Bertz CT molecular complexity index is 302. The highest BCUT2D eigenvalue weighted by Gasteiger charge is 2.22. The maximum absolute atomic E-state index is 11.2. The van der Waals surface area contributed by atoms with Crippen molar-refractivity contribution in [2.24, 2.45) is 0 Å². The van der Waals surface area contributed by atoms with Crippen molar-refractivity contribution in [3.05, 3.63) is 11.1 Å². The molecule has 1 aliphatic rings. The maximum atomic E-state index is 11.2. The predicted octanol–water partition coefficient (Wildman–Crippen LogP) is 1.26. The molecule has 62 valence electrons. The number of carbonyl (C=O) groups excluding carboxylic acids is 2. The highest BCUT2D eigenvalue weighted by Crippen LogP contribution is 2.25. The standard InChI is InChI=1S/C10H10O2/c1-3-8-5-4-6-9(8)10(12)7(2)11/h1H,4-6H2,2H3.